The van der Waals surface area contributed by atoms with Crippen molar-refractivity contribution in [2.75, 3.05) is 6.61 Å². The van der Waals surface area contributed by atoms with Gasteiger partial charge in [-0.3, -0.25) is 4.79 Å². The zero-order chi connectivity index (χ0) is 10.8. The molecule has 0 N–H and O–H groups in total. The minimum atomic E-state index is -0.346. The average Bonchev–Trinajstić information content (AvgIpc) is 2.74. The van der Waals surface area contributed by atoms with Crippen LogP contribution >= 0.6 is 23.2 Å². The first-order valence-corrected chi connectivity index (χ1v) is 5.55. The van der Waals surface area contributed by atoms with E-state index in [2.05, 4.69) is 0 Å². The predicted octanol–water partition coefficient (Wildman–Crippen LogP) is 3.36. The Labute approximate surface area is 98.1 Å². The van der Waals surface area contributed by atoms with E-state index in [1.165, 1.54) is 0 Å². The molecule has 0 saturated carbocycles. The Bertz CT molecular complexity index is 384. The van der Waals surface area contributed by atoms with Gasteiger partial charge in [0.05, 0.1) is 10.0 Å². The lowest BCUT2D eigenvalue weighted by Crippen LogP contribution is -2.19. The van der Waals surface area contributed by atoms with Crippen LogP contribution in [0.25, 0.3) is 0 Å². The molecule has 1 unspecified atom stereocenters. The number of Topliss-reactive ketones (excluding diaryl/α,β-unsaturated/α-hetero) is 1. The highest BCUT2D eigenvalue weighted by molar-refractivity contribution is 6.44. The number of ether oxygens (including phenoxy) is 1. The number of hydrogen-bond acceptors (Lipinski definition) is 2. The van der Waals surface area contributed by atoms with E-state index in [-0.39, 0.29) is 11.9 Å². The van der Waals surface area contributed by atoms with E-state index >= 15 is 0 Å². The van der Waals surface area contributed by atoms with Crippen LogP contribution in [0.4, 0.5) is 0 Å². The smallest absolute Gasteiger partial charge is 0.193 e. The molecule has 0 aliphatic carbocycles. The summed E-state index contributed by atoms with van der Waals surface area (Å²) in [6.07, 6.45) is 1.34. The molecule has 1 aliphatic heterocycles. The molecular formula is C11H10Cl2O2. The molecule has 1 aromatic carbocycles. The van der Waals surface area contributed by atoms with Crippen molar-refractivity contribution in [1.82, 2.24) is 0 Å². The standard InChI is InChI=1S/C11H10Cl2O2/c12-8-4-1-3-7(10(8)13)11(14)9-5-2-6-15-9/h1,3-4,9H,2,5-6H2. The van der Waals surface area contributed by atoms with Crippen LogP contribution in [0.3, 0.4) is 0 Å². The van der Waals surface area contributed by atoms with E-state index in [1.54, 1.807) is 18.2 Å². The van der Waals surface area contributed by atoms with Gasteiger partial charge in [-0.25, -0.2) is 0 Å². The lowest BCUT2D eigenvalue weighted by Gasteiger charge is -2.09. The number of carbonyl (C=O) groups excluding carboxylic acids is 1. The summed E-state index contributed by atoms with van der Waals surface area (Å²) in [5, 5.41) is 0.722. The van der Waals surface area contributed by atoms with Crippen molar-refractivity contribution in [1.29, 1.82) is 0 Å². The summed E-state index contributed by atoms with van der Waals surface area (Å²) in [6.45, 7) is 0.647. The van der Waals surface area contributed by atoms with Gasteiger partial charge in [0.25, 0.3) is 0 Å². The first-order valence-electron chi connectivity index (χ1n) is 4.80. The third-order valence-corrected chi connectivity index (χ3v) is 3.26. The maximum atomic E-state index is 12.0. The van der Waals surface area contributed by atoms with Crippen molar-refractivity contribution in [2.45, 2.75) is 18.9 Å². The molecule has 1 fully saturated rings. The summed E-state index contributed by atoms with van der Waals surface area (Å²) in [4.78, 5) is 12.0. The minimum absolute atomic E-state index is 0.0694. The molecule has 0 aromatic heterocycles. The van der Waals surface area contributed by atoms with Gasteiger partial charge < -0.3 is 4.74 Å². The first kappa shape index (κ1) is 10.9. The Balaban J connectivity index is 2.28. The number of hydrogen-bond donors (Lipinski definition) is 0. The summed E-state index contributed by atoms with van der Waals surface area (Å²) in [5.74, 6) is -0.0694. The number of benzene rings is 1. The fraction of sp³-hybridized carbons (Fsp3) is 0.364. The van der Waals surface area contributed by atoms with Gasteiger partial charge in [0.1, 0.15) is 6.10 Å². The molecule has 1 aliphatic rings. The molecule has 1 atom stereocenters. The van der Waals surface area contributed by atoms with Crippen LogP contribution in [0.15, 0.2) is 18.2 Å². The molecule has 2 rings (SSSR count). The molecular weight excluding hydrogens is 235 g/mol. The van der Waals surface area contributed by atoms with Crippen molar-refractivity contribution < 1.29 is 9.53 Å². The van der Waals surface area contributed by atoms with Crippen LogP contribution in [-0.2, 0) is 4.74 Å². The minimum Gasteiger partial charge on any atom is -0.370 e. The quantitative estimate of drug-likeness (QED) is 0.747. The van der Waals surface area contributed by atoms with E-state index in [9.17, 15) is 4.79 Å². The van der Waals surface area contributed by atoms with Gasteiger partial charge in [-0.2, -0.15) is 0 Å². The lowest BCUT2D eigenvalue weighted by atomic mass is 10.0. The molecule has 0 bridgehead atoms. The SMILES string of the molecule is O=C(c1cccc(Cl)c1Cl)C1CCCO1. The third kappa shape index (κ3) is 2.17. The topological polar surface area (TPSA) is 26.3 Å². The second-order valence-electron chi connectivity index (χ2n) is 3.47. The first-order chi connectivity index (χ1) is 7.20. The molecule has 4 heteroatoms. The van der Waals surface area contributed by atoms with Crippen LogP contribution in [0, 0.1) is 0 Å². The fourth-order valence-corrected chi connectivity index (χ4v) is 2.05. The van der Waals surface area contributed by atoms with Gasteiger partial charge in [-0.1, -0.05) is 29.3 Å². The zero-order valence-corrected chi connectivity index (χ0v) is 9.52. The number of rotatable bonds is 2. The Hall–Kier alpha value is -0.570. The summed E-state index contributed by atoms with van der Waals surface area (Å²) in [6, 6.07) is 5.06. The Morgan fingerprint density at radius 1 is 1.40 bits per heavy atom. The Morgan fingerprint density at radius 3 is 2.87 bits per heavy atom. The number of carbonyl (C=O) groups is 1. The van der Waals surface area contributed by atoms with Crippen molar-refractivity contribution in [2.24, 2.45) is 0 Å². The van der Waals surface area contributed by atoms with E-state index in [1.807, 2.05) is 0 Å². The maximum Gasteiger partial charge on any atom is 0.193 e. The van der Waals surface area contributed by atoms with Gasteiger partial charge >= 0.3 is 0 Å². The zero-order valence-electron chi connectivity index (χ0n) is 8.00. The van der Waals surface area contributed by atoms with Crippen LogP contribution in [-0.4, -0.2) is 18.5 Å². The van der Waals surface area contributed by atoms with Gasteiger partial charge in [-0.05, 0) is 25.0 Å². The van der Waals surface area contributed by atoms with Gasteiger partial charge in [0.2, 0.25) is 0 Å². The van der Waals surface area contributed by atoms with Crippen LogP contribution in [0.5, 0.6) is 0 Å². The fourth-order valence-electron chi connectivity index (χ4n) is 1.65. The highest BCUT2D eigenvalue weighted by atomic mass is 35.5. The lowest BCUT2D eigenvalue weighted by molar-refractivity contribution is 0.0643. The number of halogens is 2. The summed E-state index contributed by atoms with van der Waals surface area (Å²) >= 11 is 11.8. The van der Waals surface area contributed by atoms with Crippen molar-refractivity contribution >= 4 is 29.0 Å². The largest absolute Gasteiger partial charge is 0.370 e. The molecule has 1 heterocycles. The van der Waals surface area contributed by atoms with Crippen molar-refractivity contribution in [3.05, 3.63) is 33.8 Å². The van der Waals surface area contributed by atoms with E-state index < -0.39 is 0 Å². The van der Waals surface area contributed by atoms with Gasteiger partial charge in [0.15, 0.2) is 5.78 Å². The summed E-state index contributed by atoms with van der Waals surface area (Å²) in [7, 11) is 0. The summed E-state index contributed by atoms with van der Waals surface area (Å²) in [5.41, 5.74) is 0.455. The molecule has 0 amide bonds. The second kappa shape index (κ2) is 4.52. The van der Waals surface area contributed by atoms with Crippen molar-refractivity contribution in [3.8, 4) is 0 Å². The molecule has 2 nitrogen and oxygen atoms in total. The van der Waals surface area contributed by atoms with Crippen molar-refractivity contribution in [3.63, 3.8) is 0 Å². The summed E-state index contributed by atoms with van der Waals surface area (Å²) < 4.78 is 5.31. The molecule has 80 valence electrons. The molecule has 1 aromatic rings. The number of ketones is 1. The predicted molar refractivity (Wildman–Crippen MR) is 59.8 cm³/mol. The molecule has 1 saturated heterocycles. The van der Waals surface area contributed by atoms with Crippen LogP contribution in [0.1, 0.15) is 23.2 Å². The Kier molecular flexibility index (Phi) is 3.29. The monoisotopic (exact) mass is 244 g/mol. The second-order valence-corrected chi connectivity index (χ2v) is 4.25. The van der Waals surface area contributed by atoms with E-state index in [4.69, 9.17) is 27.9 Å². The van der Waals surface area contributed by atoms with E-state index in [0.29, 0.717) is 22.2 Å². The molecule has 0 spiro atoms. The van der Waals surface area contributed by atoms with Gasteiger partial charge in [-0.15, -0.1) is 0 Å². The normalized spacial score (nSPS) is 20.5. The molecule has 15 heavy (non-hydrogen) atoms. The van der Waals surface area contributed by atoms with Gasteiger partial charge in [0, 0.05) is 12.2 Å². The third-order valence-electron chi connectivity index (χ3n) is 2.44. The highest BCUT2D eigenvalue weighted by Crippen LogP contribution is 2.28. The Morgan fingerprint density at radius 2 is 2.20 bits per heavy atom. The average molecular weight is 245 g/mol. The van der Waals surface area contributed by atoms with Crippen LogP contribution < -0.4 is 0 Å². The van der Waals surface area contributed by atoms with Crippen LogP contribution in [0.2, 0.25) is 10.0 Å². The highest BCUT2D eigenvalue weighted by Gasteiger charge is 2.26. The molecule has 0 radical (unpaired) electrons. The maximum absolute atomic E-state index is 12.0. The van der Waals surface area contributed by atoms with E-state index in [0.717, 1.165) is 12.8 Å².